The normalized spacial score (nSPS) is 17.0. The summed E-state index contributed by atoms with van der Waals surface area (Å²) < 4.78 is 5.47. The molecule has 1 aliphatic heterocycles. The van der Waals surface area contributed by atoms with E-state index in [9.17, 15) is 0 Å². The molecule has 0 spiro atoms. The van der Waals surface area contributed by atoms with Crippen LogP contribution in [-0.2, 0) is 6.42 Å². The van der Waals surface area contributed by atoms with E-state index in [1.807, 2.05) is 25.3 Å². The summed E-state index contributed by atoms with van der Waals surface area (Å²) in [6.45, 7) is 8.29. The highest BCUT2D eigenvalue weighted by molar-refractivity contribution is 5.22. The lowest BCUT2D eigenvalue weighted by molar-refractivity contribution is 0.243. The van der Waals surface area contributed by atoms with Crippen LogP contribution in [0.3, 0.4) is 0 Å². The van der Waals surface area contributed by atoms with Gasteiger partial charge in [-0.05, 0) is 13.0 Å². The number of pyridine rings is 1. The van der Waals surface area contributed by atoms with E-state index in [4.69, 9.17) is 4.74 Å². The number of nitrogens with zero attached hydrogens (tertiary/aromatic N) is 2. The minimum Gasteiger partial charge on any atom is -0.494 e. The SMILES string of the molecule is CCOc1ccnc(CCN2CCNCC2)c1. The number of nitrogens with one attached hydrogen (secondary N) is 1. The van der Waals surface area contributed by atoms with Crippen molar-refractivity contribution in [2.24, 2.45) is 0 Å². The molecule has 0 aliphatic carbocycles. The monoisotopic (exact) mass is 235 g/mol. The highest BCUT2D eigenvalue weighted by Gasteiger charge is 2.09. The largest absolute Gasteiger partial charge is 0.494 e. The van der Waals surface area contributed by atoms with Crippen molar-refractivity contribution >= 4 is 0 Å². The highest BCUT2D eigenvalue weighted by atomic mass is 16.5. The molecule has 94 valence electrons. The van der Waals surface area contributed by atoms with Crippen molar-refractivity contribution in [1.82, 2.24) is 15.2 Å². The average Bonchev–Trinajstić information content (AvgIpc) is 2.39. The first-order chi connectivity index (χ1) is 8.38. The van der Waals surface area contributed by atoms with Crippen LogP contribution in [0.4, 0.5) is 0 Å². The Balaban J connectivity index is 1.83. The third-order valence-corrected chi connectivity index (χ3v) is 2.99. The van der Waals surface area contributed by atoms with E-state index in [0.29, 0.717) is 6.61 Å². The van der Waals surface area contributed by atoms with Crippen molar-refractivity contribution < 1.29 is 4.74 Å². The van der Waals surface area contributed by atoms with Crippen LogP contribution in [0.2, 0.25) is 0 Å². The molecule has 0 radical (unpaired) electrons. The Morgan fingerprint density at radius 1 is 1.41 bits per heavy atom. The van der Waals surface area contributed by atoms with Gasteiger partial charge in [0.1, 0.15) is 5.75 Å². The molecule has 1 aromatic rings. The molecule has 4 heteroatoms. The van der Waals surface area contributed by atoms with Gasteiger partial charge in [0.15, 0.2) is 0 Å². The third-order valence-electron chi connectivity index (χ3n) is 2.99. The van der Waals surface area contributed by atoms with Crippen LogP contribution in [0, 0.1) is 0 Å². The molecule has 2 rings (SSSR count). The van der Waals surface area contributed by atoms with E-state index in [0.717, 1.165) is 50.6 Å². The zero-order valence-electron chi connectivity index (χ0n) is 10.5. The molecule has 2 heterocycles. The van der Waals surface area contributed by atoms with Gasteiger partial charge >= 0.3 is 0 Å². The molecule has 0 amide bonds. The Morgan fingerprint density at radius 3 is 3.00 bits per heavy atom. The second-order valence-corrected chi connectivity index (χ2v) is 4.26. The zero-order valence-corrected chi connectivity index (χ0v) is 10.5. The predicted octanol–water partition coefficient (Wildman–Crippen LogP) is 0.928. The fourth-order valence-corrected chi connectivity index (χ4v) is 2.06. The van der Waals surface area contributed by atoms with E-state index in [-0.39, 0.29) is 0 Å². The molecule has 1 fully saturated rings. The van der Waals surface area contributed by atoms with E-state index in [1.54, 1.807) is 0 Å². The lowest BCUT2D eigenvalue weighted by Crippen LogP contribution is -2.44. The van der Waals surface area contributed by atoms with Gasteiger partial charge in [0, 0.05) is 57.1 Å². The van der Waals surface area contributed by atoms with E-state index in [1.165, 1.54) is 0 Å². The Labute approximate surface area is 103 Å². The van der Waals surface area contributed by atoms with Gasteiger partial charge in [0.2, 0.25) is 0 Å². The van der Waals surface area contributed by atoms with Gasteiger partial charge in [0.05, 0.1) is 6.61 Å². The summed E-state index contributed by atoms with van der Waals surface area (Å²) in [6.07, 6.45) is 2.83. The molecule has 0 unspecified atom stereocenters. The summed E-state index contributed by atoms with van der Waals surface area (Å²) in [6, 6.07) is 3.96. The average molecular weight is 235 g/mol. The molecule has 1 N–H and O–H groups in total. The zero-order chi connectivity index (χ0) is 11.9. The van der Waals surface area contributed by atoms with Crippen molar-refractivity contribution in [3.8, 4) is 5.75 Å². The van der Waals surface area contributed by atoms with Crippen molar-refractivity contribution in [2.75, 3.05) is 39.3 Å². The third kappa shape index (κ3) is 3.98. The number of rotatable bonds is 5. The van der Waals surface area contributed by atoms with Crippen molar-refractivity contribution in [2.45, 2.75) is 13.3 Å². The van der Waals surface area contributed by atoms with Crippen LogP contribution >= 0.6 is 0 Å². The van der Waals surface area contributed by atoms with E-state index < -0.39 is 0 Å². The first-order valence-corrected chi connectivity index (χ1v) is 6.39. The van der Waals surface area contributed by atoms with Gasteiger partial charge in [-0.2, -0.15) is 0 Å². The fraction of sp³-hybridized carbons (Fsp3) is 0.615. The molecule has 1 aliphatic rings. The van der Waals surface area contributed by atoms with Gasteiger partial charge in [-0.3, -0.25) is 4.98 Å². The molecule has 0 bridgehead atoms. The summed E-state index contributed by atoms with van der Waals surface area (Å²) in [5.74, 6) is 0.929. The summed E-state index contributed by atoms with van der Waals surface area (Å²) >= 11 is 0. The van der Waals surface area contributed by atoms with Gasteiger partial charge < -0.3 is 15.0 Å². The van der Waals surface area contributed by atoms with Crippen LogP contribution in [0.1, 0.15) is 12.6 Å². The topological polar surface area (TPSA) is 37.4 Å². The van der Waals surface area contributed by atoms with E-state index >= 15 is 0 Å². The Kier molecular flexibility index (Phi) is 4.76. The minimum absolute atomic E-state index is 0.710. The van der Waals surface area contributed by atoms with E-state index in [2.05, 4.69) is 15.2 Å². The maximum absolute atomic E-state index is 5.47. The predicted molar refractivity (Wildman–Crippen MR) is 68.4 cm³/mol. The summed E-state index contributed by atoms with van der Waals surface area (Å²) in [5.41, 5.74) is 1.12. The second kappa shape index (κ2) is 6.57. The number of piperazine rings is 1. The minimum atomic E-state index is 0.710. The first-order valence-electron chi connectivity index (χ1n) is 6.39. The number of ether oxygens (including phenoxy) is 1. The highest BCUT2D eigenvalue weighted by Crippen LogP contribution is 2.11. The molecular weight excluding hydrogens is 214 g/mol. The van der Waals surface area contributed by atoms with Crippen LogP contribution in [0.5, 0.6) is 5.75 Å². The Bertz CT molecular complexity index is 337. The van der Waals surface area contributed by atoms with Crippen LogP contribution in [0.25, 0.3) is 0 Å². The molecule has 0 saturated carbocycles. The van der Waals surface area contributed by atoms with Gasteiger partial charge in [-0.15, -0.1) is 0 Å². The second-order valence-electron chi connectivity index (χ2n) is 4.26. The molecule has 4 nitrogen and oxygen atoms in total. The lowest BCUT2D eigenvalue weighted by Gasteiger charge is -2.26. The van der Waals surface area contributed by atoms with Crippen molar-refractivity contribution in [1.29, 1.82) is 0 Å². The van der Waals surface area contributed by atoms with Gasteiger partial charge in [-0.1, -0.05) is 0 Å². The summed E-state index contributed by atoms with van der Waals surface area (Å²) in [7, 11) is 0. The molecule has 0 atom stereocenters. The first kappa shape index (κ1) is 12.3. The Morgan fingerprint density at radius 2 is 2.24 bits per heavy atom. The van der Waals surface area contributed by atoms with Crippen molar-refractivity contribution in [3.63, 3.8) is 0 Å². The fourth-order valence-electron chi connectivity index (χ4n) is 2.06. The molecule has 1 aromatic heterocycles. The van der Waals surface area contributed by atoms with Crippen LogP contribution in [-0.4, -0.2) is 49.2 Å². The van der Waals surface area contributed by atoms with Gasteiger partial charge in [0.25, 0.3) is 0 Å². The lowest BCUT2D eigenvalue weighted by atomic mass is 10.2. The van der Waals surface area contributed by atoms with Crippen LogP contribution < -0.4 is 10.1 Å². The molecule has 1 saturated heterocycles. The van der Waals surface area contributed by atoms with Crippen LogP contribution in [0.15, 0.2) is 18.3 Å². The van der Waals surface area contributed by atoms with Gasteiger partial charge in [-0.25, -0.2) is 0 Å². The maximum atomic E-state index is 5.47. The number of hydrogen-bond donors (Lipinski definition) is 1. The molecular formula is C13H21N3O. The quantitative estimate of drug-likeness (QED) is 0.824. The summed E-state index contributed by atoms with van der Waals surface area (Å²) in [4.78, 5) is 6.86. The Hall–Kier alpha value is -1.13. The number of hydrogen-bond acceptors (Lipinski definition) is 4. The maximum Gasteiger partial charge on any atom is 0.122 e. The standard InChI is InChI=1S/C13H21N3O/c1-2-17-13-3-5-15-12(11-13)4-8-16-9-6-14-7-10-16/h3,5,11,14H,2,4,6-10H2,1H3. The number of aromatic nitrogens is 1. The molecule has 17 heavy (non-hydrogen) atoms. The molecule has 0 aromatic carbocycles. The smallest absolute Gasteiger partial charge is 0.122 e. The van der Waals surface area contributed by atoms with Crippen molar-refractivity contribution in [3.05, 3.63) is 24.0 Å². The summed E-state index contributed by atoms with van der Waals surface area (Å²) in [5, 5.41) is 3.36.